The first-order chi connectivity index (χ1) is 11.7. The van der Waals surface area contributed by atoms with Crippen LogP contribution in [0.3, 0.4) is 0 Å². The summed E-state index contributed by atoms with van der Waals surface area (Å²) < 4.78 is 0. The van der Waals surface area contributed by atoms with Gasteiger partial charge in [-0.2, -0.15) is 0 Å². The fraction of sp³-hybridized carbons (Fsp3) is 0.409. The van der Waals surface area contributed by atoms with E-state index >= 15 is 0 Å². The Kier molecular flexibility index (Phi) is 4.24. The third-order valence-electron chi connectivity index (χ3n) is 5.85. The van der Waals surface area contributed by atoms with Gasteiger partial charge in [0.05, 0.1) is 0 Å². The van der Waals surface area contributed by atoms with Crippen molar-refractivity contribution in [2.24, 2.45) is 5.92 Å². The van der Waals surface area contributed by atoms with E-state index < -0.39 is 0 Å². The topological polar surface area (TPSA) is 20.3 Å². The van der Waals surface area contributed by atoms with E-state index in [4.69, 9.17) is 0 Å². The van der Waals surface area contributed by atoms with Gasteiger partial charge in [-0.1, -0.05) is 42.5 Å². The van der Waals surface area contributed by atoms with Gasteiger partial charge in [0, 0.05) is 24.7 Å². The van der Waals surface area contributed by atoms with Gasteiger partial charge in [-0.15, -0.1) is 0 Å². The van der Waals surface area contributed by atoms with Crippen molar-refractivity contribution in [1.29, 1.82) is 0 Å². The molecule has 2 nitrogen and oxygen atoms in total. The molecule has 2 aromatic carbocycles. The summed E-state index contributed by atoms with van der Waals surface area (Å²) in [4.78, 5) is 13.7. The molecule has 5 rings (SSSR count). The van der Waals surface area contributed by atoms with Crippen LogP contribution in [0.2, 0.25) is 0 Å². The quantitative estimate of drug-likeness (QED) is 0.791. The summed E-state index contributed by atoms with van der Waals surface area (Å²) in [5, 5.41) is 0. The first-order valence-electron chi connectivity index (χ1n) is 9.08. The fourth-order valence-corrected chi connectivity index (χ4v) is 4.50. The number of hydrogen-bond donors (Lipinski definition) is 0. The number of carbonyl (C=O) groups excluding carboxylic acids is 1. The van der Waals surface area contributed by atoms with Crippen LogP contribution in [0.1, 0.15) is 45.5 Å². The number of piperidine rings is 1. The highest BCUT2D eigenvalue weighted by Crippen LogP contribution is 2.33. The molecule has 0 amide bonds. The minimum Gasteiger partial charge on any atom is -0.298 e. The Labute approximate surface area is 144 Å². The van der Waals surface area contributed by atoms with Gasteiger partial charge < -0.3 is 0 Å². The molecule has 2 heteroatoms. The lowest BCUT2D eigenvalue weighted by molar-refractivity contribution is 0.0938. The number of rotatable bonds is 3. The van der Waals surface area contributed by atoms with Crippen LogP contribution in [0.15, 0.2) is 42.5 Å². The standard InChI is InChI=1S/C22H25NO/c1-16-10-17(6-8-21(16)15-24)13-23-14-18-7-9-22(23)12-20-5-3-2-4-19(20)11-18/h2-6,8,10,15,18,22H,7,9,11-14H2,1H3. The van der Waals surface area contributed by atoms with Crippen LogP contribution < -0.4 is 0 Å². The van der Waals surface area contributed by atoms with E-state index in [0.717, 1.165) is 29.9 Å². The average Bonchev–Trinajstić information content (AvgIpc) is 2.56. The summed E-state index contributed by atoms with van der Waals surface area (Å²) in [7, 11) is 0. The third kappa shape index (κ3) is 3.03. The Morgan fingerprint density at radius 3 is 2.62 bits per heavy atom. The van der Waals surface area contributed by atoms with Crippen molar-refractivity contribution in [3.05, 3.63) is 70.3 Å². The summed E-state index contributed by atoms with van der Waals surface area (Å²) in [6.07, 6.45) is 6.02. The second kappa shape index (κ2) is 6.52. The molecule has 2 unspecified atom stereocenters. The van der Waals surface area contributed by atoms with E-state index in [9.17, 15) is 4.79 Å². The average molecular weight is 319 g/mol. The van der Waals surface area contributed by atoms with Gasteiger partial charge in [0.2, 0.25) is 0 Å². The molecule has 2 bridgehead atoms. The molecule has 0 N–H and O–H groups in total. The van der Waals surface area contributed by atoms with Crippen LogP contribution in [0.4, 0.5) is 0 Å². The molecule has 1 aliphatic carbocycles. The molecule has 1 fully saturated rings. The molecule has 2 aromatic rings. The monoisotopic (exact) mass is 319 g/mol. The normalized spacial score (nSPS) is 23.4. The minimum atomic E-state index is 0.647. The molecule has 0 spiro atoms. The molecule has 1 saturated heterocycles. The second-order valence-corrected chi connectivity index (χ2v) is 7.51. The van der Waals surface area contributed by atoms with Crippen LogP contribution in [-0.2, 0) is 19.4 Å². The lowest BCUT2D eigenvalue weighted by Crippen LogP contribution is -2.46. The zero-order chi connectivity index (χ0) is 16.5. The highest BCUT2D eigenvalue weighted by molar-refractivity contribution is 5.77. The van der Waals surface area contributed by atoms with Crippen molar-refractivity contribution in [2.45, 2.75) is 45.2 Å². The van der Waals surface area contributed by atoms with E-state index in [2.05, 4.69) is 41.3 Å². The molecule has 3 aliphatic rings. The third-order valence-corrected chi connectivity index (χ3v) is 5.85. The van der Waals surface area contributed by atoms with Crippen LogP contribution in [-0.4, -0.2) is 23.8 Å². The number of hydrogen-bond acceptors (Lipinski definition) is 2. The summed E-state index contributed by atoms with van der Waals surface area (Å²) >= 11 is 0. The predicted molar refractivity (Wildman–Crippen MR) is 97.3 cm³/mol. The van der Waals surface area contributed by atoms with Crippen molar-refractivity contribution in [3.8, 4) is 0 Å². The van der Waals surface area contributed by atoms with E-state index in [1.807, 2.05) is 13.0 Å². The molecular formula is C22H25NO. The van der Waals surface area contributed by atoms with E-state index in [0.29, 0.717) is 6.04 Å². The fourth-order valence-electron chi connectivity index (χ4n) is 4.50. The zero-order valence-corrected chi connectivity index (χ0v) is 14.4. The molecule has 0 saturated carbocycles. The lowest BCUT2D eigenvalue weighted by Gasteiger charge is -2.42. The Balaban J connectivity index is 1.57. The Bertz CT molecular complexity index is 751. The number of aldehydes is 1. The van der Waals surface area contributed by atoms with Crippen molar-refractivity contribution in [1.82, 2.24) is 4.90 Å². The van der Waals surface area contributed by atoms with Crippen LogP contribution >= 0.6 is 0 Å². The molecular weight excluding hydrogens is 294 g/mol. The molecule has 0 aromatic heterocycles. The molecule has 0 radical (unpaired) electrons. The SMILES string of the molecule is Cc1cc(CN2CC3CCC2Cc2ccccc2C3)ccc1C=O. The number of aryl methyl sites for hydroxylation is 1. The van der Waals surface area contributed by atoms with Gasteiger partial charge in [-0.3, -0.25) is 9.69 Å². The maximum atomic E-state index is 11.0. The number of fused-ring (bicyclic) bond motifs is 2. The first-order valence-corrected chi connectivity index (χ1v) is 9.08. The van der Waals surface area contributed by atoms with Crippen molar-refractivity contribution < 1.29 is 4.79 Å². The summed E-state index contributed by atoms with van der Waals surface area (Å²) in [6, 6.07) is 15.9. The van der Waals surface area contributed by atoms with Gasteiger partial charge in [-0.25, -0.2) is 0 Å². The number of carbonyl (C=O) groups is 1. The smallest absolute Gasteiger partial charge is 0.150 e. The van der Waals surface area contributed by atoms with E-state index in [1.54, 1.807) is 11.1 Å². The van der Waals surface area contributed by atoms with E-state index in [-0.39, 0.29) is 0 Å². The number of nitrogens with zero attached hydrogens (tertiary/aromatic N) is 1. The maximum absolute atomic E-state index is 11.0. The Morgan fingerprint density at radius 1 is 1.08 bits per heavy atom. The largest absolute Gasteiger partial charge is 0.298 e. The summed E-state index contributed by atoms with van der Waals surface area (Å²) in [5.41, 5.74) is 6.34. The molecule has 2 aliphatic heterocycles. The lowest BCUT2D eigenvalue weighted by atomic mass is 9.80. The van der Waals surface area contributed by atoms with Crippen LogP contribution in [0.25, 0.3) is 0 Å². The Morgan fingerprint density at radius 2 is 1.88 bits per heavy atom. The predicted octanol–water partition coefficient (Wildman–Crippen LogP) is 4.19. The first kappa shape index (κ1) is 15.6. The molecule has 24 heavy (non-hydrogen) atoms. The van der Waals surface area contributed by atoms with Gasteiger partial charge in [0.15, 0.2) is 0 Å². The van der Waals surface area contributed by atoms with Crippen LogP contribution in [0.5, 0.6) is 0 Å². The van der Waals surface area contributed by atoms with Gasteiger partial charge >= 0.3 is 0 Å². The summed E-state index contributed by atoms with van der Waals surface area (Å²) in [5.74, 6) is 0.776. The highest BCUT2D eigenvalue weighted by Gasteiger charge is 2.31. The van der Waals surface area contributed by atoms with Crippen molar-refractivity contribution in [2.75, 3.05) is 6.54 Å². The minimum absolute atomic E-state index is 0.647. The molecule has 2 heterocycles. The van der Waals surface area contributed by atoms with Crippen molar-refractivity contribution in [3.63, 3.8) is 0 Å². The Hall–Kier alpha value is -1.93. The molecule has 124 valence electrons. The van der Waals surface area contributed by atoms with Gasteiger partial charge in [0.1, 0.15) is 6.29 Å². The summed E-state index contributed by atoms with van der Waals surface area (Å²) in [6.45, 7) is 4.24. The number of benzene rings is 2. The van der Waals surface area contributed by atoms with Gasteiger partial charge in [-0.05, 0) is 60.8 Å². The zero-order valence-electron chi connectivity index (χ0n) is 14.4. The van der Waals surface area contributed by atoms with Crippen molar-refractivity contribution >= 4 is 6.29 Å². The van der Waals surface area contributed by atoms with E-state index in [1.165, 1.54) is 37.8 Å². The maximum Gasteiger partial charge on any atom is 0.150 e. The highest BCUT2D eigenvalue weighted by atomic mass is 16.1. The van der Waals surface area contributed by atoms with Gasteiger partial charge in [0.25, 0.3) is 0 Å². The second-order valence-electron chi connectivity index (χ2n) is 7.51. The molecule has 2 atom stereocenters. The van der Waals surface area contributed by atoms with Crippen LogP contribution in [0, 0.1) is 12.8 Å².